The third-order valence-corrected chi connectivity index (χ3v) is 6.30. The van der Waals surface area contributed by atoms with E-state index in [1.165, 1.54) is 11.3 Å². The van der Waals surface area contributed by atoms with Crippen LogP contribution in [0.2, 0.25) is 0 Å². The standard InChI is InChI=1S/C22H27N7O3S/c1-4-32-20(30)16-13-33-19-17(16)18(25-21(23)26-19)28-9-11-29(12-10-28)22(31)24-14-5-7-15(8-6-14)27(2)3/h5-8,13H,4,9-12H2,1-3H3,(H,24,31)(H2,23,25,26). The van der Waals surface area contributed by atoms with Crippen LogP contribution >= 0.6 is 11.3 Å². The Morgan fingerprint density at radius 2 is 1.85 bits per heavy atom. The van der Waals surface area contributed by atoms with Gasteiger partial charge in [-0.15, -0.1) is 11.3 Å². The van der Waals surface area contributed by atoms with Gasteiger partial charge in [-0.05, 0) is 31.2 Å². The van der Waals surface area contributed by atoms with E-state index in [9.17, 15) is 9.59 Å². The maximum Gasteiger partial charge on any atom is 0.339 e. The minimum atomic E-state index is -0.406. The van der Waals surface area contributed by atoms with Crippen molar-refractivity contribution in [1.29, 1.82) is 0 Å². The molecular weight excluding hydrogens is 442 g/mol. The molecule has 174 valence electrons. The van der Waals surface area contributed by atoms with Crippen LogP contribution in [0.1, 0.15) is 17.3 Å². The topological polar surface area (TPSA) is 117 Å². The first-order valence-electron chi connectivity index (χ1n) is 10.7. The van der Waals surface area contributed by atoms with Crippen LogP contribution < -0.4 is 20.9 Å². The first-order chi connectivity index (χ1) is 15.9. The number of fused-ring (bicyclic) bond motifs is 1. The lowest BCUT2D eigenvalue weighted by Gasteiger charge is -2.35. The zero-order valence-corrected chi connectivity index (χ0v) is 19.7. The van der Waals surface area contributed by atoms with Gasteiger partial charge in [-0.2, -0.15) is 4.98 Å². The summed E-state index contributed by atoms with van der Waals surface area (Å²) in [5, 5.41) is 5.32. The number of nitrogens with zero attached hydrogens (tertiary/aromatic N) is 5. The second-order valence-corrected chi connectivity index (χ2v) is 8.66. The number of hydrogen-bond donors (Lipinski definition) is 2. The van der Waals surface area contributed by atoms with E-state index in [1.54, 1.807) is 17.2 Å². The van der Waals surface area contributed by atoms with Crippen LogP contribution in [0.5, 0.6) is 0 Å². The summed E-state index contributed by atoms with van der Waals surface area (Å²) in [6.07, 6.45) is 0. The second-order valence-electron chi connectivity index (χ2n) is 7.80. The number of nitrogens with two attached hydrogens (primary N) is 1. The predicted molar refractivity (Wildman–Crippen MR) is 131 cm³/mol. The molecule has 0 unspecified atom stereocenters. The van der Waals surface area contributed by atoms with Gasteiger partial charge in [0, 0.05) is 57.0 Å². The first kappa shape index (κ1) is 22.6. The number of benzene rings is 1. The summed E-state index contributed by atoms with van der Waals surface area (Å²) < 4.78 is 5.19. The number of aromatic nitrogens is 2. The van der Waals surface area contributed by atoms with Gasteiger partial charge in [-0.25, -0.2) is 14.6 Å². The van der Waals surface area contributed by atoms with E-state index in [4.69, 9.17) is 10.5 Å². The Hall–Kier alpha value is -3.60. The van der Waals surface area contributed by atoms with Gasteiger partial charge >= 0.3 is 12.0 Å². The minimum absolute atomic E-state index is 0.149. The predicted octanol–water partition coefficient (Wildman–Crippen LogP) is 2.87. The quantitative estimate of drug-likeness (QED) is 0.548. The van der Waals surface area contributed by atoms with Crippen molar-refractivity contribution < 1.29 is 14.3 Å². The van der Waals surface area contributed by atoms with Crippen molar-refractivity contribution in [2.45, 2.75) is 6.92 Å². The van der Waals surface area contributed by atoms with Gasteiger partial charge in [0.25, 0.3) is 0 Å². The number of amides is 2. The molecule has 3 heterocycles. The van der Waals surface area contributed by atoms with E-state index in [0.717, 1.165) is 11.4 Å². The number of esters is 1. The van der Waals surface area contributed by atoms with Gasteiger partial charge in [-0.3, -0.25) is 0 Å². The Labute approximate surface area is 195 Å². The average molecular weight is 470 g/mol. The fourth-order valence-corrected chi connectivity index (χ4v) is 4.60. The van der Waals surface area contributed by atoms with E-state index in [-0.39, 0.29) is 18.6 Å². The lowest BCUT2D eigenvalue weighted by molar-refractivity contribution is 0.0529. The van der Waals surface area contributed by atoms with Crippen LogP contribution in [0.15, 0.2) is 29.6 Å². The molecule has 3 aromatic rings. The molecule has 1 aliphatic rings. The number of hydrogen-bond acceptors (Lipinski definition) is 9. The molecule has 0 radical (unpaired) electrons. The van der Waals surface area contributed by atoms with E-state index < -0.39 is 5.97 Å². The van der Waals surface area contributed by atoms with Crippen molar-refractivity contribution in [2.75, 3.05) is 67.7 Å². The highest BCUT2D eigenvalue weighted by Crippen LogP contribution is 2.33. The van der Waals surface area contributed by atoms with E-state index >= 15 is 0 Å². The molecule has 2 amide bonds. The summed E-state index contributed by atoms with van der Waals surface area (Å²) in [7, 11) is 3.94. The number of thiophene rings is 1. The van der Waals surface area contributed by atoms with Crippen molar-refractivity contribution in [3.05, 3.63) is 35.2 Å². The molecule has 0 aliphatic carbocycles. The molecule has 3 N–H and O–H groups in total. The number of carbonyl (C=O) groups is 2. The fourth-order valence-electron chi connectivity index (χ4n) is 3.69. The number of piperazine rings is 1. The van der Waals surface area contributed by atoms with Crippen LogP contribution in [0.25, 0.3) is 10.2 Å². The summed E-state index contributed by atoms with van der Waals surface area (Å²) in [6, 6.07) is 7.54. The van der Waals surface area contributed by atoms with Gasteiger partial charge < -0.3 is 30.5 Å². The van der Waals surface area contributed by atoms with Crippen molar-refractivity contribution in [3.8, 4) is 0 Å². The van der Waals surface area contributed by atoms with E-state index in [0.29, 0.717) is 47.8 Å². The van der Waals surface area contributed by atoms with Crippen LogP contribution in [0.3, 0.4) is 0 Å². The molecule has 2 aromatic heterocycles. The Balaban J connectivity index is 1.47. The SMILES string of the molecule is CCOC(=O)c1csc2nc(N)nc(N3CCN(C(=O)Nc4ccc(N(C)C)cc4)CC3)c12. The second kappa shape index (κ2) is 9.49. The zero-order valence-electron chi connectivity index (χ0n) is 18.9. The minimum Gasteiger partial charge on any atom is -0.462 e. The largest absolute Gasteiger partial charge is 0.462 e. The first-order valence-corrected chi connectivity index (χ1v) is 11.6. The van der Waals surface area contributed by atoms with E-state index in [2.05, 4.69) is 15.3 Å². The zero-order chi connectivity index (χ0) is 23.5. The average Bonchev–Trinajstić information content (AvgIpc) is 3.23. The number of rotatable bonds is 5. The van der Waals surface area contributed by atoms with Crippen LogP contribution in [-0.4, -0.2) is 73.7 Å². The molecule has 0 bridgehead atoms. The van der Waals surface area contributed by atoms with Crippen molar-refractivity contribution in [1.82, 2.24) is 14.9 Å². The summed E-state index contributed by atoms with van der Waals surface area (Å²) in [5.74, 6) is 0.342. The molecule has 1 saturated heterocycles. The number of anilines is 4. The molecular formula is C22H27N7O3S. The number of carbonyl (C=O) groups excluding carboxylic acids is 2. The molecule has 4 rings (SSSR count). The van der Waals surface area contributed by atoms with Gasteiger partial charge in [0.05, 0.1) is 17.6 Å². The smallest absolute Gasteiger partial charge is 0.339 e. The highest BCUT2D eigenvalue weighted by Gasteiger charge is 2.27. The molecule has 0 spiro atoms. The van der Waals surface area contributed by atoms with E-state index in [1.807, 2.05) is 48.2 Å². The summed E-state index contributed by atoms with van der Waals surface area (Å²) >= 11 is 1.33. The van der Waals surface area contributed by atoms with Gasteiger partial charge in [0.15, 0.2) is 0 Å². The van der Waals surface area contributed by atoms with Gasteiger partial charge in [0.1, 0.15) is 10.6 Å². The lowest BCUT2D eigenvalue weighted by atomic mass is 10.2. The third-order valence-electron chi connectivity index (χ3n) is 5.43. The molecule has 1 aliphatic heterocycles. The fraction of sp³-hybridized carbons (Fsp3) is 0.364. The summed E-state index contributed by atoms with van der Waals surface area (Å²) in [5.41, 5.74) is 8.18. The van der Waals surface area contributed by atoms with Crippen LogP contribution in [0, 0.1) is 0 Å². The lowest BCUT2D eigenvalue weighted by Crippen LogP contribution is -2.50. The Morgan fingerprint density at radius 1 is 1.15 bits per heavy atom. The highest BCUT2D eigenvalue weighted by atomic mass is 32.1. The molecule has 11 heteroatoms. The summed E-state index contributed by atoms with van der Waals surface area (Å²) in [4.78, 5) is 40.3. The molecule has 1 aromatic carbocycles. The molecule has 33 heavy (non-hydrogen) atoms. The van der Waals surface area contributed by atoms with Crippen molar-refractivity contribution in [2.24, 2.45) is 0 Å². The number of ether oxygens (including phenoxy) is 1. The molecule has 1 fully saturated rings. The van der Waals surface area contributed by atoms with Crippen LogP contribution in [0.4, 0.5) is 27.9 Å². The van der Waals surface area contributed by atoms with Gasteiger partial charge in [0.2, 0.25) is 5.95 Å². The van der Waals surface area contributed by atoms with Crippen LogP contribution in [-0.2, 0) is 4.74 Å². The molecule has 0 atom stereocenters. The maximum absolute atomic E-state index is 12.8. The number of nitrogens with one attached hydrogen (secondary N) is 1. The Kier molecular flexibility index (Phi) is 6.50. The third kappa shape index (κ3) is 4.77. The Bertz CT molecular complexity index is 1150. The molecule has 0 saturated carbocycles. The Morgan fingerprint density at radius 3 is 2.48 bits per heavy atom. The monoisotopic (exact) mass is 469 g/mol. The normalized spacial score (nSPS) is 13.8. The molecule has 10 nitrogen and oxygen atoms in total. The summed E-state index contributed by atoms with van der Waals surface area (Å²) in [6.45, 7) is 4.17. The van der Waals surface area contributed by atoms with Gasteiger partial charge in [-0.1, -0.05) is 0 Å². The number of urea groups is 1. The number of nitrogen functional groups attached to an aromatic ring is 1. The van der Waals surface area contributed by atoms with Crippen molar-refractivity contribution in [3.63, 3.8) is 0 Å². The van der Waals surface area contributed by atoms with Crippen molar-refractivity contribution >= 4 is 56.7 Å². The maximum atomic E-state index is 12.8. The highest BCUT2D eigenvalue weighted by molar-refractivity contribution is 7.17.